The summed E-state index contributed by atoms with van der Waals surface area (Å²) in [6.07, 6.45) is 1.91. The summed E-state index contributed by atoms with van der Waals surface area (Å²) >= 11 is 0. The Morgan fingerprint density at radius 2 is 1.71 bits per heavy atom. The zero-order chi connectivity index (χ0) is 16.5. The van der Waals surface area contributed by atoms with E-state index in [1.807, 2.05) is 32.8 Å². The Morgan fingerprint density at radius 3 is 2.19 bits per heavy atom. The van der Waals surface area contributed by atoms with E-state index in [1.165, 1.54) is 4.31 Å². The number of rotatable bonds is 12. The van der Waals surface area contributed by atoms with Crippen LogP contribution in [0.25, 0.3) is 0 Å². The van der Waals surface area contributed by atoms with Crippen LogP contribution in [0.1, 0.15) is 33.6 Å². The van der Waals surface area contributed by atoms with Gasteiger partial charge < -0.3 is 10.2 Å². The number of hydrogen-bond donors (Lipinski definition) is 2. The Bertz CT molecular complexity index is 358. The van der Waals surface area contributed by atoms with E-state index in [1.54, 1.807) is 7.05 Å². The van der Waals surface area contributed by atoms with Crippen LogP contribution in [0.15, 0.2) is 0 Å². The van der Waals surface area contributed by atoms with Gasteiger partial charge in [0, 0.05) is 26.2 Å². The van der Waals surface area contributed by atoms with Crippen LogP contribution >= 0.6 is 0 Å². The molecule has 0 spiro atoms. The second kappa shape index (κ2) is 10.5. The molecule has 7 heteroatoms. The fourth-order valence-corrected chi connectivity index (χ4v) is 3.19. The minimum atomic E-state index is -3.41. The fourth-order valence-electron chi connectivity index (χ4n) is 1.91. The van der Waals surface area contributed by atoms with Crippen molar-refractivity contribution in [3.8, 4) is 0 Å². The van der Waals surface area contributed by atoms with Crippen LogP contribution < -0.4 is 10.0 Å². The van der Waals surface area contributed by atoms with Crippen molar-refractivity contribution >= 4 is 10.2 Å². The van der Waals surface area contributed by atoms with Crippen LogP contribution in [0.5, 0.6) is 0 Å². The Labute approximate surface area is 131 Å². The van der Waals surface area contributed by atoms with Gasteiger partial charge in [-0.1, -0.05) is 20.8 Å². The van der Waals surface area contributed by atoms with Crippen molar-refractivity contribution in [2.75, 3.05) is 47.3 Å². The van der Waals surface area contributed by atoms with Crippen LogP contribution in [0.4, 0.5) is 0 Å². The molecule has 0 fully saturated rings. The third kappa shape index (κ3) is 9.42. The highest BCUT2D eigenvalue weighted by Gasteiger charge is 2.24. The summed E-state index contributed by atoms with van der Waals surface area (Å²) in [4.78, 5) is 2.00. The highest BCUT2D eigenvalue weighted by atomic mass is 32.2. The number of nitrogens with zero attached hydrogens (tertiary/aromatic N) is 2. The zero-order valence-corrected chi connectivity index (χ0v) is 15.3. The van der Waals surface area contributed by atoms with Gasteiger partial charge in [0.1, 0.15) is 0 Å². The summed E-state index contributed by atoms with van der Waals surface area (Å²) in [5.41, 5.74) is 0. The Balaban J connectivity index is 4.36. The zero-order valence-electron chi connectivity index (χ0n) is 14.5. The molecule has 0 saturated carbocycles. The highest BCUT2D eigenvalue weighted by Crippen LogP contribution is 2.06. The maximum Gasteiger partial charge on any atom is 0.279 e. The molecule has 0 bridgehead atoms. The van der Waals surface area contributed by atoms with Crippen molar-refractivity contribution in [3.63, 3.8) is 0 Å². The monoisotopic (exact) mass is 322 g/mol. The molecule has 0 aromatic rings. The Kier molecular flexibility index (Phi) is 10.4. The molecule has 0 aliphatic rings. The molecule has 1 atom stereocenters. The van der Waals surface area contributed by atoms with Crippen LogP contribution in [-0.4, -0.2) is 71.0 Å². The molecular formula is C14H34N4O2S. The first-order chi connectivity index (χ1) is 9.70. The van der Waals surface area contributed by atoms with E-state index < -0.39 is 10.2 Å². The van der Waals surface area contributed by atoms with Gasteiger partial charge in [0.05, 0.1) is 0 Å². The molecule has 2 N–H and O–H groups in total. The molecule has 0 aromatic carbocycles. The largest absolute Gasteiger partial charge is 0.317 e. The molecule has 0 heterocycles. The van der Waals surface area contributed by atoms with Gasteiger partial charge in [0.2, 0.25) is 0 Å². The van der Waals surface area contributed by atoms with Gasteiger partial charge in [0.25, 0.3) is 10.2 Å². The normalized spacial score (nSPS) is 14.3. The van der Waals surface area contributed by atoms with E-state index in [0.717, 1.165) is 25.9 Å². The number of likely N-dealkylation sites (N-methyl/N-ethyl adjacent to an activating group) is 1. The maximum atomic E-state index is 12.3. The van der Waals surface area contributed by atoms with E-state index in [-0.39, 0.29) is 12.0 Å². The van der Waals surface area contributed by atoms with E-state index >= 15 is 0 Å². The minimum Gasteiger partial charge on any atom is -0.317 e. The lowest BCUT2D eigenvalue weighted by Gasteiger charge is -2.28. The van der Waals surface area contributed by atoms with Crippen LogP contribution in [-0.2, 0) is 10.2 Å². The smallest absolute Gasteiger partial charge is 0.279 e. The van der Waals surface area contributed by atoms with Gasteiger partial charge in [-0.25, -0.2) is 0 Å². The highest BCUT2D eigenvalue weighted by molar-refractivity contribution is 7.87. The predicted octanol–water partition coefficient (Wildman–Crippen LogP) is 0.729. The third-order valence-electron chi connectivity index (χ3n) is 3.33. The number of nitrogens with one attached hydrogen (secondary N) is 2. The summed E-state index contributed by atoms with van der Waals surface area (Å²) in [5.74, 6) is 0.252. The van der Waals surface area contributed by atoms with Crippen LogP contribution in [0.3, 0.4) is 0 Å². The lowest BCUT2D eigenvalue weighted by atomic mass is 10.1. The average Bonchev–Trinajstić information content (AvgIpc) is 2.36. The maximum absolute atomic E-state index is 12.3. The Hall–Kier alpha value is -0.210. The van der Waals surface area contributed by atoms with Crippen molar-refractivity contribution in [2.45, 2.75) is 39.7 Å². The van der Waals surface area contributed by atoms with E-state index in [2.05, 4.69) is 17.0 Å². The summed E-state index contributed by atoms with van der Waals surface area (Å²) in [7, 11) is 2.12. The second-order valence-electron chi connectivity index (χ2n) is 6.16. The van der Waals surface area contributed by atoms with Crippen LogP contribution in [0.2, 0.25) is 0 Å². The molecule has 0 aliphatic heterocycles. The van der Waals surface area contributed by atoms with E-state index in [9.17, 15) is 8.42 Å². The molecule has 6 nitrogen and oxygen atoms in total. The second-order valence-corrected chi connectivity index (χ2v) is 7.97. The summed E-state index contributed by atoms with van der Waals surface area (Å²) < 4.78 is 28.9. The number of hydrogen-bond acceptors (Lipinski definition) is 4. The standard InChI is InChI=1S/C14H34N4O2S/c1-7-9-15-10-8-11-18(6)21(19,20)16-14(13(2)3)12-17(4)5/h13-16H,7-12H2,1-6H3. The van der Waals surface area contributed by atoms with Crippen molar-refractivity contribution in [3.05, 3.63) is 0 Å². The Morgan fingerprint density at radius 1 is 1.10 bits per heavy atom. The van der Waals surface area contributed by atoms with Gasteiger partial charge in [-0.05, 0) is 45.9 Å². The molecule has 0 aliphatic carbocycles. The topological polar surface area (TPSA) is 64.7 Å². The van der Waals surface area contributed by atoms with Gasteiger partial charge in [-0.2, -0.15) is 17.4 Å². The molecule has 0 amide bonds. The molecule has 0 saturated heterocycles. The summed E-state index contributed by atoms with van der Waals surface area (Å²) in [5, 5.41) is 3.28. The molecule has 1 unspecified atom stereocenters. The minimum absolute atomic E-state index is 0.0781. The molecule has 128 valence electrons. The lowest BCUT2D eigenvalue weighted by Crippen LogP contribution is -2.49. The summed E-state index contributed by atoms with van der Waals surface area (Å²) in [6, 6.07) is -0.0781. The molecule has 21 heavy (non-hydrogen) atoms. The molecular weight excluding hydrogens is 288 g/mol. The molecule has 0 rings (SSSR count). The van der Waals surface area contributed by atoms with Gasteiger partial charge in [0.15, 0.2) is 0 Å². The van der Waals surface area contributed by atoms with Crippen molar-refractivity contribution < 1.29 is 8.42 Å². The average molecular weight is 323 g/mol. The first-order valence-corrected chi connectivity index (χ1v) is 9.23. The first-order valence-electron chi connectivity index (χ1n) is 7.79. The van der Waals surface area contributed by atoms with E-state index in [4.69, 9.17) is 0 Å². The fraction of sp³-hybridized carbons (Fsp3) is 1.00. The first kappa shape index (κ1) is 20.8. The lowest BCUT2D eigenvalue weighted by molar-refractivity contribution is 0.308. The predicted molar refractivity (Wildman–Crippen MR) is 89.6 cm³/mol. The third-order valence-corrected chi connectivity index (χ3v) is 4.93. The van der Waals surface area contributed by atoms with Gasteiger partial charge in [-0.15, -0.1) is 0 Å². The summed E-state index contributed by atoms with van der Waals surface area (Å²) in [6.45, 7) is 9.23. The molecule has 0 aromatic heterocycles. The van der Waals surface area contributed by atoms with Crippen molar-refractivity contribution in [1.29, 1.82) is 0 Å². The molecule has 0 radical (unpaired) electrons. The van der Waals surface area contributed by atoms with E-state index in [0.29, 0.717) is 13.1 Å². The van der Waals surface area contributed by atoms with Crippen LogP contribution in [0, 0.1) is 5.92 Å². The van der Waals surface area contributed by atoms with Crippen molar-refractivity contribution in [1.82, 2.24) is 19.2 Å². The van der Waals surface area contributed by atoms with Gasteiger partial charge in [-0.3, -0.25) is 0 Å². The quantitative estimate of drug-likeness (QED) is 0.520. The van der Waals surface area contributed by atoms with Gasteiger partial charge >= 0.3 is 0 Å². The van der Waals surface area contributed by atoms with Crippen molar-refractivity contribution in [2.24, 2.45) is 5.92 Å². The SMILES string of the molecule is CCCNCCCN(C)S(=O)(=O)NC(CN(C)C)C(C)C.